The van der Waals surface area contributed by atoms with Crippen molar-refractivity contribution < 1.29 is 14.6 Å². The minimum Gasteiger partial charge on any atom is -0.389 e. The lowest BCUT2D eigenvalue weighted by atomic mass is 10.1. The van der Waals surface area contributed by atoms with Crippen molar-refractivity contribution in [3.05, 3.63) is 0 Å². The Hall–Kier alpha value is -0.650. The van der Waals surface area contributed by atoms with Gasteiger partial charge in [0.05, 0.1) is 24.9 Å². The Morgan fingerprint density at radius 2 is 1.76 bits per heavy atom. The normalized spacial score (nSPS) is 15.8. The molecule has 5 heteroatoms. The van der Waals surface area contributed by atoms with Crippen LogP contribution >= 0.6 is 0 Å². The summed E-state index contributed by atoms with van der Waals surface area (Å²) in [6, 6.07) is -0.285. The van der Waals surface area contributed by atoms with Crippen LogP contribution in [0.5, 0.6) is 0 Å². The zero-order valence-corrected chi connectivity index (χ0v) is 14.6. The minimum atomic E-state index is -0.591. The number of carbonyl (C=O) groups is 1. The summed E-state index contributed by atoms with van der Waals surface area (Å²) in [6.07, 6.45) is 0.540. The number of amides is 1. The zero-order valence-electron chi connectivity index (χ0n) is 14.6. The van der Waals surface area contributed by atoms with E-state index in [-0.39, 0.29) is 18.1 Å². The molecule has 5 nitrogen and oxygen atoms in total. The van der Waals surface area contributed by atoms with E-state index < -0.39 is 6.10 Å². The van der Waals surface area contributed by atoms with Gasteiger partial charge in [-0.05, 0) is 40.0 Å². The van der Waals surface area contributed by atoms with Crippen molar-refractivity contribution >= 4 is 5.91 Å². The molecule has 0 aromatic heterocycles. The number of aliphatic hydroxyl groups is 1. The minimum absolute atomic E-state index is 0.0706. The molecular weight excluding hydrogens is 268 g/mol. The van der Waals surface area contributed by atoms with E-state index in [1.165, 1.54) is 0 Å². The summed E-state index contributed by atoms with van der Waals surface area (Å²) >= 11 is 0. The van der Waals surface area contributed by atoms with Crippen LogP contribution in [0.3, 0.4) is 0 Å². The molecule has 21 heavy (non-hydrogen) atoms. The predicted octanol–water partition coefficient (Wildman–Crippen LogP) is 1.64. The zero-order chi connectivity index (χ0) is 16.4. The Balaban J connectivity index is 3.96. The van der Waals surface area contributed by atoms with E-state index in [1.54, 1.807) is 4.90 Å². The molecule has 0 bridgehead atoms. The van der Waals surface area contributed by atoms with Gasteiger partial charge in [0.25, 0.3) is 0 Å². The summed E-state index contributed by atoms with van der Waals surface area (Å²) in [4.78, 5) is 13.8. The van der Waals surface area contributed by atoms with Crippen LogP contribution in [0, 0.1) is 5.92 Å². The predicted molar refractivity (Wildman–Crippen MR) is 86.3 cm³/mol. The van der Waals surface area contributed by atoms with Gasteiger partial charge in [-0.15, -0.1) is 0 Å². The van der Waals surface area contributed by atoms with Gasteiger partial charge in [0.15, 0.2) is 0 Å². The van der Waals surface area contributed by atoms with Gasteiger partial charge < -0.3 is 20.1 Å². The van der Waals surface area contributed by atoms with Crippen molar-refractivity contribution in [2.45, 2.75) is 66.2 Å². The molecule has 126 valence electrons. The third-order valence-electron chi connectivity index (χ3n) is 3.48. The van der Waals surface area contributed by atoms with Crippen LogP contribution in [0.4, 0.5) is 0 Å². The topological polar surface area (TPSA) is 61.8 Å². The van der Waals surface area contributed by atoms with Gasteiger partial charge >= 0.3 is 0 Å². The average Bonchev–Trinajstić information content (AvgIpc) is 2.42. The van der Waals surface area contributed by atoms with Gasteiger partial charge in [0.2, 0.25) is 5.91 Å². The second kappa shape index (κ2) is 11.0. The average molecular weight is 302 g/mol. The fourth-order valence-electron chi connectivity index (χ4n) is 2.28. The molecule has 0 fully saturated rings. The first-order valence-corrected chi connectivity index (χ1v) is 8.13. The molecule has 3 unspecified atom stereocenters. The van der Waals surface area contributed by atoms with Crippen molar-refractivity contribution in [2.24, 2.45) is 5.92 Å². The molecular formula is C16H34N2O3. The number of likely N-dealkylation sites (N-methyl/N-ethyl adjacent to an activating group) is 1. The maximum atomic E-state index is 12.1. The van der Waals surface area contributed by atoms with E-state index in [0.717, 1.165) is 6.42 Å². The number of carbonyl (C=O) groups excluding carboxylic acids is 1. The number of rotatable bonds is 11. The lowest BCUT2D eigenvalue weighted by molar-refractivity contribution is -0.132. The third-order valence-corrected chi connectivity index (χ3v) is 3.48. The summed E-state index contributed by atoms with van der Waals surface area (Å²) < 4.78 is 5.61. The number of nitrogens with zero attached hydrogens (tertiary/aromatic N) is 1. The Morgan fingerprint density at radius 1 is 1.19 bits per heavy atom. The third kappa shape index (κ3) is 9.06. The molecule has 0 aliphatic carbocycles. The molecule has 0 aromatic rings. The molecule has 0 saturated carbocycles. The smallest absolute Gasteiger partial charge is 0.239 e. The van der Waals surface area contributed by atoms with Crippen molar-refractivity contribution in [1.29, 1.82) is 0 Å². The van der Waals surface area contributed by atoms with Crippen LogP contribution < -0.4 is 5.32 Å². The molecule has 0 rings (SSSR count). The van der Waals surface area contributed by atoms with E-state index in [0.29, 0.717) is 32.2 Å². The van der Waals surface area contributed by atoms with E-state index >= 15 is 0 Å². The highest BCUT2D eigenvalue weighted by molar-refractivity contribution is 5.81. The van der Waals surface area contributed by atoms with E-state index in [2.05, 4.69) is 19.2 Å². The van der Waals surface area contributed by atoms with Crippen molar-refractivity contribution in [3.8, 4) is 0 Å². The summed E-state index contributed by atoms with van der Waals surface area (Å²) in [5, 5.41) is 13.0. The highest BCUT2D eigenvalue weighted by Crippen LogP contribution is 2.07. The first-order chi connectivity index (χ1) is 9.81. The Morgan fingerprint density at radius 3 is 2.24 bits per heavy atom. The van der Waals surface area contributed by atoms with Crippen molar-refractivity contribution in [2.75, 3.05) is 26.2 Å². The maximum Gasteiger partial charge on any atom is 0.239 e. The molecule has 0 aliphatic rings. The molecule has 0 aromatic carbocycles. The summed E-state index contributed by atoms with van der Waals surface area (Å²) in [5.74, 6) is 0.656. The fourth-order valence-corrected chi connectivity index (χ4v) is 2.28. The number of ether oxygens (including phenoxy) is 1. The van der Waals surface area contributed by atoms with Gasteiger partial charge in [0.1, 0.15) is 0 Å². The van der Waals surface area contributed by atoms with Gasteiger partial charge in [0, 0.05) is 19.6 Å². The fraction of sp³-hybridized carbons (Fsp3) is 0.938. The van der Waals surface area contributed by atoms with Crippen LogP contribution in [0.2, 0.25) is 0 Å². The molecule has 3 atom stereocenters. The van der Waals surface area contributed by atoms with Crippen LogP contribution in [-0.2, 0) is 9.53 Å². The van der Waals surface area contributed by atoms with E-state index in [4.69, 9.17) is 4.74 Å². The monoisotopic (exact) mass is 302 g/mol. The quantitative estimate of drug-likeness (QED) is 0.609. The highest BCUT2D eigenvalue weighted by atomic mass is 16.5. The number of nitrogens with one attached hydrogen (secondary N) is 1. The highest BCUT2D eigenvalue weighted by Gasteiger charge is 2.18. The molecule has 0 aliphatic heterocycles. The number of hydrogen-bond donors (Lipinski definition) is 2. The lowest BCUT2D eigenvalue weighted by Crippen LogP contribution is -2.47. The first-order valence-electron chi connectivity index (χ1n) is 8.13. The van der Waals surface area contributed by atoms with Crippen LogP contribution in [0.15, 0.2) is 0 Å². The SMILES string of the molecule is CCN(CC)C(=O)C(C)NCC(O)COC(C)CC(C)C. The lowest BCUT2D eigenvalue weighted by Gasteiger charge is -2.24. The van der Waals surface area contributed by atoms with Crippen LogP contribution in [0.1, 0.15) is 48.0 Å². The Bertz CT molecular complexity index is 281. The Kier molecular flexibility index (Phi) is 10.6. The van der Waals surface area contributed by atoms with Gasteiger partial charge in [-0.2, -0.15) is 0 Å². The van der Waals surface area contributed by atoms with Gasteiger partial charge in [-0.25, -0.2) is 0 Å². The van der Waals surface area contributed by atoms with Crippen LogP contribution in [0.25, 0.3) is 0 Å². The largest absolute Gasteiger partial charge is 0.389 e. The molecule has 1 amide bonds. The maximum absolute atomic E-state index is 12.1. The summed E-state index contributed by atoms with van der Waals surface area (Å²) in [7, 11) is 0. The van der Waals surface area contributed by atoms with E-state index in [1.807, 2.05) is 27.7 Å². The molecule has 0 spiro atoms. The van der Waals surface area contributed by atoms with Crippen molar-refractivity contribution in [3.63, 3.8) is 0 Å². The molecule has 0 saturated heterocycles. The number of hydrogen-bond acceptors (Lipinski definition) is 4. The summed E-state index contributed by atoms with van der Waals surface area (Å²) in [6.45, 7) is 14.2. The molecule has 2 N–H and O–H groups in total. The van der Waals surface area contributed by atoms with Crippen molar-refractivity contribution in [1.82, 2.24) is 10.2 Å². The summed E-state index contributed by atoms with van der Waals surface area (Å²) in [5.41, 5.74) is 0. The molecule has 0 radical (unpaired) electrons. The molecule has 0 heterocycles. The second-order valence-corrected chi connectivity index (χ2v) is 6.07. The standard InChI is InChI=1S/C16H34N2O3/c1-7-18(8-2)16(20)14(6)17-10-15(19)11-21-13(5)9-12(3)4/h12-15,17,19H,7-11H2,1-6H3. The van der Waals surface area contributed by atoms with Crippen LogP contribution in [-0.4, -0.2) is 60.4 Å². The number of aliphatic hydroxyl groups excluding tert-OH is 1. The van der Waals surface area contributed by atoms with Gasteiger partial charge in [-0.1, -0.05) is 13.8 Å². The first kappa shape index (κ1) is 20.3. The van der Waals surface area contributed by atoms with Gasteiger partial charge in [-0.3, -0.25) is 4.79 Å². The second-order valence-electron chi connectivity index (χ2n) is 6.07. The Labute approximate surface area is 130 Å². The van der Waals surface area contributed by atoms with E-state index in [9.17, 15) is 9.90 Å².